The smallest absolute Gasteiger partial charge is 0.341 e. The van der Waals surface area contributed by atoms with Gasteiger partial charge < -0.3 is 25.1 Å². The lowest BCUT2D eigenvalue weighted by atomic mass is 9.68. The molecule has 8 heteroatoms. The van der Waals surface area contributed by atoms with Crippen LogP contribution in [-0.2, 0) is 26.3 Å². The van der Waals surface area contributed by atoms with Gasteiger partial charge in [-0.2, -0.15) is 0 Å². The highest BCUT2D eigenvalue weighted by atomic mass is 16.5. The molecule has 3 heterocycles. The maximum Gasteiger partial charge on any atom is 0.341 e. The number of esters is 1. The predicted octanol–water partition coefficient (Wildman–Crippen LogP) is 2.18. The fraction of sp³-hybridized carbons (Fsp3) is 0.348. The Labute approximate surface area is 179 Å². The molecule has 0 radical (unpaired) electrons. The Morgan fingerprint density at radius 2 is 2.00 bits per heavy atom. The van der Waals surface area contributed by atoms with E-state index in [9.17, 15) is 14.4 Å². The van der Waals surface area contributed by atoms with Gasteiger partial charge in [0.05, 0.1) is 12.2 Å². The van der Waals surface area contributed by atoms with Crippen LogP contribution >= 0.6 is 0 Å². The summed E-state index contributed by atoms with van der Waals surface area (Å²) in [5.41, 5.74) is 5.56. The van der Waals surface area contributed by atoms with Crippen molar-refractivity contribution >= 4 is 17.6 Å². The van der Waals surface area contributed by atoms with Crippen molar-refractivity contribution in [2.75, 3.05) is 11.9 Å². The molecule has 3 N–H and O–H groups in total. The number of anilines is 1. The van der Waals surface area contributed by atoms with Crippen LogP contribution in [0.3, 0.4) is 0 Å². The van der Waals surface area contributed by atoms with E-state index < -0.39 is 22.9 Å². The molecule has 0 bridgehead atoms. The van der Waals surface area contributed by atoms with Crippen molar-refractivity contribution in [3.05, 3.63) is 69.0 Å². The average Bonchev–Trinajstić information content (AvgIpc) is 2.97. The zero-order valence-electron chi connectivity index (χ0n) is 17.9. The van der Waals surface area contributed by atoms with Crippen molar-refractivity contribution in [3.8, 4) is 5.75 Å². The number of carbonyl (C=O) groups is 2. The molecule has 8 nitrogen and oxygen atoms in total. The van der Waals surface area contributed by atoms with E-state index >= 15 is 0 Å². The number of fused-ring (bicyclic) bond motifs is 4. The third kappa shape index (κ3) is 2.85. The molecule has 4 rings (SSSR count). The third-order valence-corrected chi connectivity index (χ3v) is 5.63. The number of ether oxygens (including phenoxy) is 2. The molecule has 0 saturated carbocycles. The highest BCUT2D eigenvalue weighted by molar-refractivity contribution is 6.17. The van der Waals surface area contributed by atoms with Gasteiger partial charge in [-0.1, -0.05) is 32.0 Å². The quantitative estimate of drug-likeness (QED) is 0.729. The lowest BCUT2D eigenvalue weighted by Gasteiger charge is -2.35. The van der Waals surface area contributed by atoms with Crippen LogP contribution in [0.2, 0.25) is 0 Å². The largest absolute Gasteiger partial charge is 0.462 e. The Balaban J connectivity index is 2.14. The van der Waals surface area contributed by atoms with Crippen molar-refractivity contribution in [2.24, 2.45) is 11.7 Å². The molecule has 2 aliphatic rings. The highest BCUT2D eigenvalue weighted by Gasteiger charge is 2.60. The summed E-state index contributed by atoms with van der Waals surface area (Å²) in [6.07, 6.45) is 0. The van der Waals surface area contributed by atoms with Gasteiger partial charge in [0.25, 0.3) is 5.56 Å². The summed E-state index contributed by atoms with van der Waals surface area (Å²) in [7, 11) is 0. The molecule has 1 unspecified atom stereocenters. The molecule has 1 atom stereocenters. The predicted molar refractivity (Wildman–Crippen MR) is 115 cm³/mol. The molecular weight excluding hydrogens is 398 g/mol. The minimum Gasteiger partial charge on any atom is -0.462 e. The van der Waals surface area contributed by atoms with Gasteiger partial charge in [-0.3, -0.25) is 9.59 Å². The number of rotatable bonds is 4. The Hall–Kier alpha value is -3.55. The molecule has 1 spiro atoms. The van der Waals surface area contributed by atoms with Crippen LogP contribution in [0.15, 0.2) is 46.6 Å². The van der Waals surface area contributed by atoms with Gasteiger partial charge in [0.15, 0.2) is 0 Å². The summed E-state index contributed by atoms with van der Waals surface area (Å²) in [6.45, 7) is 7.97. The first-order valence-corrected chi connectivity index (χ1v) is 10.2. The molecule has 1 aromatic heterocycles. The summed E-state index contributed by atoms with van der Waals surface area (Å²) in [5, 5.41) is 2.81. The second-order valence-electron chi connectivity index (χ2n) is 8.15. The van der Waals surface area contributed by atoms with Crippen molar-refractivity contribution < 1.29 is 19.1 Å². The van der Waals surface area contributed by atoms with Gasteiger partial charge in [-0.05, 0) is 25.8 Å². The van der Waals surface area contributed by atoms with Crippen molar-refractivity contribution in [1.82, 2.24) is 4.57 Å². The Morgan fingerprint density at radius 1 is 1.29 bits per heavy atom. The molecule has 2 aliphatic heterocycles. The third-order valence-electron chi connectivity index (χ3n) is 5.63. The van der Waals surface area contributed by atoms with Crippen LogP contribution in [0.1, 0.15) is 37.6 Å². The lowest BCUT2D eigenvalue weighted by molar-refractivity contribution is -0.140. The molecule has 1 amide bonds. The van der Waals surface area contributed by atoms with Crippen LogP contribution in [0.25, 0.3) is 0 Å². The van der Waals surface area contributed by atoms with E-state index in [1.807, 2.05) is 13.8 Å². The van der Waals surface area contributed by atoms with Crippen LogP contribution in [0.5, 0.6) is 5.75 Å². The zero-order valence-corrected chi connectivity index (χ0v) is 17.9. The maximum absolute atomic E-state index is 13.8. The van der Waals surface area contributed by atoms with E-state index in [0.717, 1.165) is 0 Å². The number of hydrogen-bond donors (Lipinski definition) is 2. The fourth-order valence-corrected chi connectivity index (χ4v) is 4.45. The van der Waals surface area contributed by atoms with Gasteiger partial charge >= 0.3 is 5.97 Å². The molecule has 31 heavy (non-hydrogen) atoms. The minimum absolute atomic E-state index is 0.0680. The van der Waals surface area contributed by atoms with Crippen molar-refractivity contribution in [1.29, 1.82) is 0 Å². The normalized spacial score (nSPS) is 19.2. The zero-order chi connectivity index (χ0) is 22.5. The van der Waals surface area contributed by atoms with Crippen LogP contribution < -0.4 is 21.3 Å². The standard InChI is InChI=1S/C23H25N3O5/c1-5-30-21(28)18-19(24)31-16-10-13(4)26(11-12(2)3)20(27)17(16)23(18)14-8-6-7-9-15(14)25-22(23)29/h6-10,12H,5,11,24H2,1-4H3,(H,25,29). The lowest BCUT2D eigenvalue weighted by Crippen LogP contribution is -2.50. The Morgan fingerprint density at radius 3 is 2.68 bits per heavy atom. The van der Waals surface area contributed by atoms with Crippen molar-refractivity contribution in [2.45, 2.75) is 39.7 Å². The molecule has 0 fully saturated rings. The Bertz CT molecular complexity index is 1190. The van der Waals surface area contributed by atoms with Gasteiger partial charge in [-0.15, -0.1) is 0 Å². The number of para-hydroxylation sites is 1. The van der Waals surface area contributed by atoms with E-state index in [1.165, 1.54) is 0 Å². The summed E-state index contributed by atoms with van der Waals surface area (Å²) in [6, 6.07) is 8.62. The number of hydrogen-bond acceptors (Lipinski definition) is 6. The monoisotopic (exact) mass is 423 g/mol. The first-order valence-electron chi connectivity index (χ1n) is 10.2. The maximum atomic E-state index is 13.8. The first kappa shape index (κ1) is 20.7. The number of nitrogens with two attached hydrogens (primary N) is 1. The summed E-state index contributed by atoms with van der Waals surface area (Å²) in [4.78, 5) is 40.4. The number of benzene rings is 1. The molecule has 0 saturated heterocycles. The van der Waals surface area contributed by atoms with Crippen LogP contribution in [-0.4, -0.2) is 23.1 Å². The number of nitrogens with zero attached hydrogens (tertiary/aromatic N) is 1. The molecule has 0 aliphatic carbocycles. The number of carbonyl (C=O) groups excluding carboxylic acids is 2. The minimum atomic E-state index is -1.76. The van der Waals surface area contributed by atoms with E-state index in [2.05, 4.69) is 5.32 Å². The highest BCUT2D eigenvalue weighted by Crippen LogP contribution is 2.52. The summed E-state index contributed by atoms with van der Waals surface area (Å²) in [5.74, 6) is -1.24. The molecular formula is C23H25N3O5. The van der Waals surface area contributed by atoms with E-state index in [-0.39, 0.29) is 35.3 Å². The average molecular weight is 423 g/mol. The summed E-state index contributed by atoms with van der Waals surface area (Å²) >= 11 is 0. The van der Waals surface area contributed by atoms with Crippen molar-refractivity contribution in [3.63, 3.8) is 0 Å². The second kappa shape index (κ2) is 7.30. The topological polar surface area (TPSA) is 113 Å². The van der Waals surface area contributed by atoms with Crippen LogP contribution in [0, 0.1) is 12.8 Å². The fourth-order valence-electron chi connectivity index (χ4n) is 4.45. The number of pyridine rings is 1. The SMILES string of the molecule is CCOC(=O)C1=C(N)Oc2cc(C)n(CC(C)C)c(=O)c2C12C(=O)Nc1ccccc12. The summed E-state index contributed by atoms with van der Waals surface area (Å²) < 4.78 is 12.6. The number of nitrogens with one attached hydrogen (secondary N) is 1. The second-order valence-corrected chi connectivity index (χ2v) is 8.15. The van der Waals surface area contributed by atoms with Gasteiger partial charge in [0.1, 0.15) is 16.7 Å². The molecule has 162 valence electrons. The number of aromatic nitrogens is 1. The van der Waals surface area contributed by atoms with Gasteiger partial charge in [0.2, 0.25) is 11.8 Å². The van der Waals surface area contributed by atoms with E-state index in [0.29, 0.717) is 23.5 Å². The van der Waals surface area contributed by atoms with Gasteiger partial charge in [-0.25, -0.2) is 4.79 Å². The molecule has 1 aromatic carbocycles. The van der Waals surface area contributed by atoms with E-state index in [1.54, 1.807) is 48.7 Å². The Kier molecular flexibility index (Phi) is 4.88. The number of aryl methyl sites for hydroxylation is 1. The number of amides is 1. The van der Waals surface area contributed by atoms with Gasteiger partial charge in [0, 0.05) is 29.6 Å². The van der Waals surface area contributed by atoms with Crippen LogP contribution in [0.4, 0.5) is 5.69 Å². The molecule has 2 aromatic rings. The first-order chi connectivity index (χ1) is 14.7. The van der Waals surface area contributed by atoms with E-state index in [4.69, 9.17) is 15.2 Å².